The van der Waals surface area contributed by atoms with Gasteiger partial charge in [0.25, 0.3) is 0 Å². The fourth-order valence-corrected chi connectivity index (χ4v) is 5.18. The second-order valence-corrected chi connectivity index (χ2v) is 8.38. The molecule has 3 rings (SSSR count). The maximum atomic E-state index is 13.2. The summed E-state index contributed by atoms with van der Waals surface area (Å²) in [5.74, 6) is 0. The highest BCUT2D eigenvalue weighted by molar-refractivity contribution is 7.89. The molecule has 0 aliphatic carbocycles. The molecular formula is C20H26N2O2S. The van der Waals surface area contributed by atoms with Crippen LogP contribution in [-0.4, -0.2) is 38.4 Å². The van der Waals surface area contributed by atoms with E-state index in [0.717, 1.165) is 43.5 Å². The number of nitrogens with one attached hydrogen (secondary N) is 1. The van der Waals surface area contributed by atoms with Crippen LogP contribution in [0.2, 0.25) is 0 Å². The van der Waals surface area contributed by atoms with Crippen molar-refractivity contribution in [2.24, 2.45) is 0 Å². The van der Waals surface area contributed by atoms with Gasteiger partial charge in [-0.05, 0) is 55.6 Å². The quantitative estimate of drug-likeness (QED) is 0.860. The Morgan fingerprint density at radius 2 is 1.56 bits per heavy atom. The number of sulfonamides is 1. The van der Waals surface area contributed by atoms with Crippen LogP contribution in [0.5, 0.6) is 0 Å². The lowest BCUT2D eigenvalue weighted by atomic mass is 10.1. The Bertz CT molecular complexity index is 767. The van der Waals surface area contributed by atoms with Gasteiger partial charge in [0.1, 0.15) is 0 Å². The van der Waals surface area contributed by atoms with Gasteiger partial charge in [0.15, 0.2) is 0 Å². The molecule has 0 bridgehead atoms. The molecule has 1 heterocycles. The van der Waals surface area contributed by atoms with E-state index in [0.29, 0.717) is 11.4 Å². The van der Waals surface area contributed by atoms with Gasteiger partial charge >= 0.3 is 0 Å². The van der Waals surface area contributed by atoms with Gasteiger partial charge in [-0.3, -0.25) is 0 Å². The fraction of sp³-hybridized carbons (Fsp3) is 0.400. The molecule has 1 N–H and O–H groups in total. The van der Waals surface area contributed by atoms with E-state index in [4.69, 9.17) is 0 Å². The number of rotatable bonds is 6. The maximum Gasteiger partial charge on any atom is 0.243 e. The molecule has 2 aromatic carbocycles. The molecule has 0 radical (unpaired) electrons. The highest BCUT2D eigenvalue weighted by atomic mass is 32.2. The lowest BCUT2D eigenvalue weighted by molar-refractivity contribution is 0.262. The zero-order valence-corrected chi connectivity index (χ0v) is 15.5. The van der Waals surface area contributed by atoms with E-state index in [1.165, 1.54) is 0 Å². The van der Waals surface area contributed by atoms with E-state index < -0.39 is 10.0 Å². The van der Waals surface area contributed by atoms with Crippen molar-refractivity contribution in [3.63, 3.8) is 0 Å². The molecule has 5 heteroatoms. The predicted octanol–water partition coefficient (Wildman–Crippen LogP) is 3.51. The summed E-state index contributed by atoms with van der Waals surface area (Å²) in [4.78, 5) is 0.388. The SMILES string of the molecule is CCCN(C1CCNCC1)S(=O)(=O)c1ccc(-c2ccccc2)cc1. The summed E-state index contributed by atoms with van der Waals surface area (Å²) < 4.78 is 28.1. The van der Waals surface area contributed by atoms with Crippen molar-refractivity contribution in [1.82, 2.24) is 9.62 Å². The van der Waals surface area contributed by atoms with Crippen LogP contribution in [-0.2, 0) is 10.0 Å². The van der Waals surface area contributed by atoms with Crippen LogP contribution in [0.4, 0.5) is 0 Å². The van der Waals surface area contributed by atoms with Crippen molar-refractivity contribution in [2.45, 2.75) is 37.1 Å². The number of benzene rings is 2. The third-order valence-corrected chi connectivity index (χ3v) is 6.69. The third-order valence-electron chi connectivity index (χ3n) is 4.73. The van der Waals surface area contributed by atoms with Crippen molar-refractivity contribution in [3.05, 3.63) is 54.6 Å². The molecule has 0 aromatic heterocycles. The van der Waals surface area contributed by atoms with E-state index >= 15 is 0 Å². The van der Waals surface area contributed by atoms with Crippen LogP contribution in [0.1, 0.15) is 26.2 Å². The van der Waals surface area contributed by atoms with Crippen LogP contribution in [0.25, 0.3) is 11.1 Å². The molecule has 25 heavy (non-hydrogen) atoms. The number of piperidine rings is 1. The van der Waals surface area contributed by atoms with Crippen molar-refractivity contribution in [1.29, 1.82) is 0 Å². The normalized spacial score (nSPS) is 16.2. The summed E-state index contributed by atoms with van der Waals surface area (Å²) in [6.45, 7) is 4.37. The first-order valence-electron chi connectivity index (χ1n) is 9.01. The Morgan fingerprint density at radius 1 is 0.960 bits per heavy atom. The standard InChI is InChI=1S/C20H26N2O2S/c1-2-16-22(19-12-14-21-15-13-19)25(23,24)20-10-8-18(9-11-20)17-6-4-3-5-7-17/h3-11,19,21H,2,12-16H2,1H3. The Labute approximate surface area is 150 Å². The largest absolute Gasteiger partial charge is 0.317 e. The summed E-state index contributed by atoms with van der Waals surface area (Å²) in [6.07, 6.45) is 2.58. The Hall–Kier alpha value is -1.69. The molecule has 0 amide bonds. The van der Waals surface area contributed by atoms with Crippen molar-refractivity contribution >= 4 is 10.0 Å². The molecule has 0 spiro atoms. The topological polar surface area (TPSA) is 49.4 Å². The third kappa shape index (κ3) is 4.11. The van der Waals surface area contributed by atoms with Gasteiger partial charge in [-0.15, -0.1) is 0 Å². The van der Waals surface area contributed by atoms with E-state index in [-0.39, 0.29) is 6.04 Å². The lowest BCUT2D eigenvalue weighted by Crippen LogP contribution is -2.46. The molecule has 4 nitrogen and oxygen atoms in total. The minimum atomic E-state index is -3.46. The van der Waals surface area contributed by atoms with Crippen LogP contribution in [0, 0.1) is 0 Å². The van der Waals surface area contributed by atoms with Gasteiger partial charge in [0.05, 0.1) is 4.90 Å². The molecule has 1 saturated heterocycles. The molecule has 1 aliphatic heterocycles. The van der Waals surface area contributed by atoms with Gasteiger partial charge in [-0.25, -0.2) is 8.42 Å². The Kier molecular flexibility index (Phi) is 5.89. The van der Waals surface area contributed by atoms with Gasteiger partial charge in [-0.1, -0.05) is 49.4 Å². The second-order valence-electron chi connectivity index (χ2n) is 6.49. The molecule has 0 atom stereocenters. The van der Waals surface area contributed by atoms with Crippen LogP contribution >= 0.6 is 0 Å². The summed E-state index contributed by atoms with van der Waals surface area (Å²) in [5.41, 5.74) is 2.12. The predicted molar refractivity (Wildman–Crippen MR) is 102 cm³/mol. The zero-order valence-electron chi connectivity index (χ0n) is 14.7. The van der Waals surface area contributed by atoms with Gasteiger partial charge in [0, 0.05) is 12.6 Å². The van der Waals surface area contributed by atoms with E-state index in [2.05, 4.69) is 5.32 Å². The number of hydrogen-bond acceptors (Lipinski definition) is 3. The van der Waals surface area contributed by atoms with E-state index in [9.17, 15) is 8.42 Å². The van der Waals surface area contributed by atoms with E-state index in [1.807, 2.05) is 49.4 Å². The minimum absolute atomic E-state index is 0.0972. The van der Waals surface area contributed by atoms with E-state index in [1.54, 1.807) is 16.4 Å². The monoisotopic (exact) mass is 358 g/mol. The summed E-state index contributed by atoms with van der Waals surface area (Å²) in [6, 6.07) is 17.4. The first kappa shape index (κ1) is 18.1. The molecule has 0 unspecified atom stereocenters. The molecule has 0 saturated carbocycles. The van der Waals surface area contributed by atoms with Crippen LogP contribution < -0.4 is 5.32 Å². The van der Waals surface area contributed by atoms with Gasteiger partial charge in [0.2, 0.25) is 10.0 Å². The average Bonchev–Trinajstić information content (AvgIpc) is 2.67. The molecule has 2 aromatic rings. The average molecular weight is 359 g/mol. The number of hydrogen-bond donors (Lipinski definition) is 1. The van der Waals surface area contributed by atoms with Gasteiger partial charge in [-0.2, -0.15) is 4.31 Å². The van der Waals surface area contributed by atoms with Crippen LogP contribution in [0.3, 0.4) is 0 Å². The molecule has 134 valence electrons. The summed E-state index contributed by atoms with van der Waals surface area (Å²) in [5, 5.41) is 3.31. The molecule has 1 aliphatic rings. The minimum Gasteiger partial charge on any atom is -0.317 e. The molecular weight excluding hydrogens is 332 g/mol. The van der Waals surface area contributed by atoms with Gasteiger partial charge < -0.3 is 5.32 Å². The highest BCUT2D eigenvalue weighted by Crippen LogP contribution is 2.26. The lowest BCUT2D eigenvalue weighted by Gasteiger charge is -2.33. The highest BCUT2D eigenvalue weighted by Gasteiger charge is 2.31. The smallest absolute Gasteiger partial charge is 0.243 e. The molecule has 1 fully saturated rings. The first-order valence-corrected chi connectivity index (χ1v) is 10.4. The first-order chi connectivity index (χ1) is 12.1. The summed E-state index contributed by atoms with van der Waals surface area (Å²) >= 11 is 0. The number of nitrogens with zero attached hydrogens (tertiary/aromatic N) is 1. The second kappa shape index (κ2) is 8.13. The maximum absolute atomic E-state index is 13.2. The van der Waals surface area contributed by atoms with Crippen molar-refractivity contribution in [3.8, 4) is 11.1 Å². The summed E-state index contributed by atoms with van der Waals surface area (Å²) in [7, 11) is -3.46. The van der Waals surface area contributed by atoms with Crippen molar-refractivity contribution < 1.29 is 8.42 Å². The fourth-order valence-electron chi connectivity index (χ4n) is 3.40. The van der Waals surface area contributed by atoms with Crippen LogP contribution in [0.15, 0.2) is 59.5 Å². The van der Waals surface area contributed by atoms with Crippen molar-refractivity contribution in [2.75, 3.05) is 19.6 Å². The zero-order chi connectivity index (χ0) is 17.7. The Balaban J connectivity index is 1.87. The Morgan fingerprint density at radius 3 is 2.16 bits per heavy atom.